The van der Waals surface area contributed by atoms with Crippen LogP contribution in [-0.4, -0.2) is 24.8 Å². The van der Waals surface area contributed by atoms with E-state index in [0.717, 1.165) is 18.4 Å². The molecule has 2 rings (SSSR count). The summed E-state index contributed by atoms with van der Waals surface area (Å²) in [6.07, 6.45) is 1.89. The maximum absolute atomic E-state index is 11.8. The maximum Gasteiger partial charge on any atom is 0.315 e. The van der Waals surface area contributed by atoms with Crippen molar-refractivity contribution in [3.8, 4) is 11.5 Å². The second kappa shape index (κ2) is 8.97. The van der Waals surface area contributed by atoms with Crippen molar-refractivity contribution >= 4 is 40.0 Å². The molecule has 0 atom stereocenters. The number of urea groups is 1. The normalized spacial score (nSPS) is 10.3. The molecule has 0 spiro atoms. The van der Waals surface area contributed by atoms with Gasteiger partial charge in [0, 0.05) is 18.0 Å². The SMILES string of the molecule is COc1cc(CNC(=O)NCCCc2ccc(I)s2)ccc1O. The molecule has 2 amide bonds. The molecular formula is C16H19IN2O3S. The standard InChI is InChI=1S/C16H19IN2O3S/c1-22-14-9-11(4-6-13(14)20)10-19-16(21)18-8-2-3-12-5-7-15(17)23-12/h4-7,9,20H,2-3,8,10H2,1H3,(H2,18,19,21). The van der Waals surface area contributed by atoms with Crippen molar-refractivity contribution in [1.82, 2.24) is 10.6 Å². The minimum absolute atomic E-state index is 0.0870. The predicted molar refractivity (Wildman–Crippen MR) is 100 cm³/mol. The van der Waals surface area contributed by atoms with Gasteiger partial charge in [-0.15, -0.1) is 11.3 Å². The zero-order valence-corrected chi connectivity index (χ0v) is 15.7. The minimum atomic E-state index is -0.196. The largest absolute Gasteiger partial charge is 0.504 e. The lowest BCUT2D eigenvalue weighted by Crippen LogP contribution is -2.35. The van der Waals surface area contributed by atoms with Crippen LogP contribution in [0.2, 0.25) is 0 Å². The molecule has 3 N–H and O–H groups in total. The Labute approximate surface area is 153 Å². The van der Waals surface area contributed by atoms with E-state index in [-0.39, 0.29) is 11.8 Å². The van der Waals surface area contributed by atoms with E-state index in [1.54, 1.807) is 29.5 Å². The Balaban J connectivity index is 1.67. The summed E-state index contributed by atoms with van der Waals surface area (Å²) in [5.74, 6) is 0.485. The first-order chi connectivity index (χ1) is 11.1. The average molecular weight is 446 g/mol. The van der Waals surface area contributed by atoms with E-state index in [1.165, 1.54) is 14.9 Å². The highest BCUT2D eigenvalue weighted by Gasteiger charge is 2.05. The lowest BCUT2D eigenvalue weighted by molar-refractivity contribution is 0.240. The number of carbonyl (C=O) groups is 1. The number of hydrogen-bond donors (Lipinski definition) is 3. The van der Waals surface area contributed by atoms with Gasteiger partial charge < -0.3 is 20.5 Å². The number of methoxy groups -OCH3 is 1. The smallest absolute Gasteiger partial charge is 0.315 e. The van der Waals surface area contributed by atoms with Crippen LogP contribution in [0.15, 0.2) is 30.3 Å². The fourth-order valence-electron chi connectivity index (χ4n) is 2.03. The van der Waals surface area contributed by atoms with Crippen LogP contribution in [0.1, 0.15) is 16.9 Å². The number of phenolic OH excluding ortho intramolecular Hbond substituents is 1. The number of amides is 2. The lowest BCUT2D eigenvalue weighted by Gasteiger charge is -2.09. The van der Waals surface area contributed by atoms with E-state index in [0.29, 0.717) is 18.8 Å². The van der Waals surface area contributed by atoms with Crippen LogP contribution in [0.4, 0.5) is 4.79 Å². The molecule has 0 radical (unpaired) electrons. The van der Waals surface area contributed by atoms with Gasteiger partial charge >= 0.3 is 6.03 Å². The lowest BCUT2D eigenvalue weighted by atomic mass is 10.2. The van der Waals surface area contributed by atoms with Gasteiger partial charge in [-0.05, 0) is 65.3 Å². The second-order valence-electron chi connectivity index (χ2n) is 4.93. The summed E-state index contributed by atoms with van der Waals surface area (Å²) >= 11 is 4.09. The zero-order valence-electron chi connectivity index (χ0n) is 12.8. The first-order valence-electron chi connectivity index (χ1n) is 7.20. The zero-order chi connectivity index (χ0) is 16.7. The molecule has 0 unspecified atom stereocenters. The molecule has 7 heteroatoms. The average Bonchev–Trinajstić information content (AvgIpc) is 2.96. The molecule has 1 aromatic carbocycles. The second-order valence-corrected chi connectivity index (χ2v) is 7.99. The third-order valence-corrected chi connectivity index (χ3v) is 5.17. The fourth-order valence-corrected chi connectivity index (χ4v) is 3.82. The molecule has 0 aliphatic heterocycles. The summed E-state index contributed by atoms with van der Waals surface area (Å²) in [7, 11) is 1.49. The molecule has 1 heterocycles. The van der Waals surface area contributed by atoms with Crippen LogP contribution in [0, 0.1) is 2.88 Å². The molecule has 2 aromatic rings. The quantitative estimate of drug-likeness (QED) is 0.451. The van der Waals surface area contributed by atoms with E-state index in [1.807, 2.05) is 0 Å². The van der Waals surface area contributed by atoms with E-state index in [2.05, 4.69) is 45.4 Å². The van der Waals surface area contributed by atoms with Gasteiger partial charge in [0.2, 0.25) is 0 Å². The summed E-state index contributed by atoms with van der Waals surface area (Å²) < 4.78 is 6.32. The number of benzene rings is 1. The van der Waals surface area contributed by atoms with Crippen LogP contribution >= 0.6 is 33.9 Å². The van der Waals surface area contributed by atoms with Gasteiger partial charge in [0.05, 0.1) is 9.99 Å². The molecule has 0 fully saturated rings. The first-order valence-corrected chi connectivity index (χ1v) is 9.10. The number of aromatic hydroxyl groups is 1. The number of rotatable bonds is 7. The summed E-state index contributed by atoms with van der Waals surface area (Å²) in [4.78, 5) is 13.1. The van der Waals surface area contributed by atoms with Gasteiger partial charge in [-0.3, -0.25) is 0 Å². The molecular weight excluding hydrogens is 427 g/mol. The first kappa shape index (κ1) is 17.9. The van der Waals surface area contributed by atoms with Crippen LogP contribution < -0.4 is 15.4 Å². The third kappa shape index (κ3) is 5.91. The van der Waals surface area contributed by atoms with Crippen LogP contribution in [-0.2, 0) is 13.0 Å². The molecule has 0 aliphatic rings. The van der Waals surface area contributed by atoms with Gasteiger partial charge in [0.15, 0.2) is 11.5 Å². The Bertz CT molecular complexity index is 661. The summed E-state index contributed by atoms with van der Waals surface area (Å²) in [5.41, 5.74) is 0.864. The number of thiophene rings is 1. The number of carbonyl (C=O) groups excluding carboxylic acids is 1. The van der Waals surface area contributed by atoms with Crippen molar-refractivity contribution in [1.29, 1.82) is 0 Å². The Kier molecular flexibility index (Phi) is 6.97. The molecule has 0 saturated carbocycles. The molecule has 0 saturated heterocycles. The predicted octanol–water partition coefficient (Wildman–Crippen LogP) is 3.50. The number of ether oxygens (including phenoxy) is 1. The van der Waals surface area contributed by atoms with E-state index < -0.39 is 0 Å². The third-order valence-electron chi connectivity index (χ3n) is 3.21. The topological polar surface area (TPSA) is 70.6 Å². The van der Waals surface area contributed by atoms with Gasteiger partial charge in [0.25, 0.3) is 0 Å². The Morgan fingerprint density at radius 1 is 1.30 bits per heavy atom. The van der Waals surface area contributed by atoms with Crippen LogP contribution in [0.25, 0.3) is 0 Å². The fraction of sp³-hybridized carbons (Fsp3) is 0.312. The van der Waals surface area contributed by atoms with Crippen molar-refractivity contribution in [2.45, 2.75) is 19.4 Å². The van der Waals surface area contributed by atoms with Gasteiger partial charge in [0.1, 0.15) is 0 Å². The van der Waals surface area contributed by atoms with Gasteiger partial charge in [-0.1, -0.05) is 6.07 Å². The number of nitrogens with one attached hydrogen (secondary N) is 2. The minimum Gasteiger partial charge on any atom is -0.504 e. The summed E-state index contributed by atoms with van der Waals surface area (Å²) in [6, 6.07) is 9.04. The Hall–Kier alpha value is -1.48. The van der Waals surface area contributed by atoms with Crippen molar-refractivity contribution in [2.75, 3.05) is 13.7 Å². The molecule has 23 heavy (non-hydrogen) atoms. The monoisotopic (exact) mass is 446 g/mol. The number of hydrogen-bond acceptors (Lipinski definition) is 4. The number of phenols is 1. The highest BCUT2D eigenvalue weighted by molar-refractivity contribution is 14.1. The van der Waals surface area contributed by atoms with E-state index >= 15 is 0 Å². The van der Waals surface area contributed by atoms with Gasteiger partial charge in [-0.25, -0.2) is 4.79 Å². The van der Waals surface area contributed by atoms with E-state index in [4.69, 9.17) is 4.74 Å². The molecule has 0 bridgehead atoms. The highest BCUT2D eigenvalue weighted by Crippen LogP contribution is 2.26. The van der Waals surface area contributed by atoms with Crippen molar-refractivity contribution in [3.05, 3.63) is 43.7 Å². The molecule has 124 valence electrons. The van der Waals surface area contributed by atoms with Crippen LogP contribution in [0.5, 0.6) is 11.5 Å². The van der Waals surface area contributed by atoms with Crippen LogP contribution in [0.3, 0.4) is 0 Å². The maximum atomic E-state index is 11.8. The van der Waals surface area contributed by atoms with Crippen molar-refractivity contribution in [2.24, 2.45) is 0 Å². The summed E-state index contributed by atoms with van der Waals surface area (Å²) in [6.45, 7) is 1.02. The van der Waals surface area contributed by atoms with Crippen molar-refractivity contribution in [3.63, 3.8) is 0 Å². The van der Waals surface area contributed by atoms with Gasteiger partial charge in [-0.2, -0.15) is 0 Å². The van der Waals surface area contributed by atoms with E-state index in [9.17, 15) is 9.90 Å². The molecule has 5 nitrogen and oxygen atoms in total. The summed E-state index contributed by atoms with van der Waals surface area (Å²) in [5, 5.41) is 15.2. The Morgan fingerprint density at radius 2 is 2.13 bits per heavy atom. The number of halogens is 1. The molecule has 0 aliphatic carbocycles. The Morgan fingerprint density at radius 3 is 2.83 bits per heavy atom. The number of aryl methyl sites for hydroxylation is 1. The highest BCUT2D eigenvalue weighted by atomic mass is 127. The molecule has 1 aromatic heterocycles. The van der Waals surface area contributed by atoms with Crippen molar-refractivity contribution < 1.29 is 14.6 Å².